The summed E-state index contributed by atoms with van der Waals surface area (Å²) >= 11 is 9.25. The molecule has 0 atom stereocenters. The first-order valence-corrected chi connectivity index (χ1v) is 5.46. The standard InChI is InChI=1S/C11H7BrClNO/c12-10-4-3-8(6-11(10)13)15-9-2-1-5-14-7-9/h1-7H. The first-order valence-electron chi connectivity index (χ1n) is 4.28. The molecule has 0 aliphatic heterocycles. The van der Waals surface area contributed by atoms with Crippen molar-refractivity contribution in [3.05, 3.63) is 52.2 Å². The van der Waals surface area contributed by atoms with E-state index in [-0.39, 0.29) is 0 Å². The Kier molecular flexibility index (Phi) is 3.23. The van der Waals surface area contributed by atoms with Gasteiger partial charge in [0.05, 0.1) is 11.2 Å². The van der Waals surface area contributed by atoms with Gasteiger partial charge in [0.15, 0.2) is 0 Å². The maximum Gasteiger partial charge on any atom is 0.145 e. The fourth-order valence-corrected chi connectivity index (χ4v) is 1.50. The number of benzene rings is 1. The van der Waals surface area contributed by atoms with Gasteiger partial charge in [-0.15, -0.1) is 0 Å². The number of halogens is 2. The third-order valence-corrected chi connectivity index (χ3v) is 2.99. The molecule has 0 unspecified atom stereocenters. The summed E-state index contributed by atoms with van der Waals surface area (Å²) in [6.07, 6.45) is 3.34. The van der Waals surface area contributed by atoms with E-state index in [1.54, 1.807) is 18.5 Å². The number of hydrogen-bond acceptors (Lipinski definition) is 2. The molecule has 0 aliphatic rings. The van der Waals surface area contributed by atoms with Crippen molar-refractivity contribution in [1.82, 2.24) is 4.98 Å². The monoisotopic (exact) mass is 283 g/mol. The van der Waals surface area contributed by atoms with Crippen LogP contribution in [0.5, 0.6) is 11.5 Å². The molecule has 1 aromatic heterocycles. The maximum absolute atomic E-state index is 5.94. The molecule has 1 heterocycles. The third-order valence-electron chi connectivity index (χ3n) is 1.76. The summed E-state index contributed by atoms with van der Waals surface area (Å²) in [5.74, 6) is 1.38. The lowest BCUT2D eigenvalue weighted by Gasteiger charge is -2.05. The number of nitrogens with zero attached hydrogens (tertiary/aromatic N) is 1. The second-order valence-electron chi connectivity index (χ2n) is 2.87. The van der Waals surface area contributed by atoms with E-state index in [0.29, 0.717) is 16.5 Å². The van der Waals surface area contributed by atoms with Gasteiger partial charge in [-0.3, -0.25) is 4.98 Å². The average Bonchev–Trinajstić information content (AvgIpc) is 2.25. The molecular formula is C11H7BrClNO. The summed E-state index contributed by atoms with van der Waals surface area (Å²) in [6.45, 7) is 0. The lowest BCUT2D eigenvalue weighted by atomic mass is 10.3. The molecule has 1 aromatic carbocycles. The van der Waals surface area contributed by atoms with Gasteiger partial charge in [0, 0.05) is 16.7 Å². The van der Waals surface area contributed by atoms with Gasteiger partial charge in [0.1, 0.15) is 11.5 Å². The Morgan fingerprint density at radius 3 is 2.73 bits per heavy atom. The van der Waals surface area contributed by atoms with Crippen molar-refractivity contribution in [2.75, 3.05) is 0 Å². The molecule has 0 N–H and O–H groups in total. The molecule has 2 nitrogen and oxygen atoms in total. The van der Waals surface area contributed by atoms with Crippen LogP contribution >= 0.6 is 27.5 Å². The molecule has 0 fully saturated rings. The molecule has 0 saturated heterocycles. The highest BCUT2D eigenvalue weighted by Crippen LogP contribution is 2.29. The Morgan fingerprint density at radius 1 is 1.20 bits per heavy atom. The summed E-state index contributed by atoms with van der Waals surface area (Å²) in [6, 6.07) is 9.08. The van der Waals surface area contributed by atoms with E-state index in [9.17, 15) is 0 Å². The van der Waals surface area contributed by atoms with Crippen LogP contribution < -0.4 is 4.74 Å². The highest BCUT2D eigenvalue weighted by atomic mass is 79.9. The molecule has 0 radical (unpaired) electrons. The molecule has 2 aromatic rings. The highest BCUT2D eigenvalue weighted by molar-refractivity contribution is 9.10. The Morgan fingerprint density at radius 2 is 2.07 bits per heavy atom. The van der Waals surface area contributed by atoms with E-state index in [4.69, 9.17) is 16.3 Å². The number of pyridine rings is 1. The predicted octanol–water partition coefficient (Wildman–Crippen LogP) is 4.29. The van der Waals surface area contributed by atoms with Gasteiger partial charge < -0.3 is 4.74 Å². The van der Waals surface area contributed by atoms with Gasteiger partial charge in [-0.1, -0.05) is 11.6 Å². The first-order chi connectivity index (χ1) is 7.25. The fraction of sp³-hybridized carbons (Fsp3) is 0. The minimum absolute atomic E-state index is 0.622. The number of ether oxygens (including phenoxy) is 1. The van der Waals surface area contributed by atoms with Crippen LogP contribution in [0.1, 0.15) is 0 Å². The van der Waals surface area contributed by atoms with Gasteiger partial charge >= 0.3 is 0 Å². The van der Waals surface area contributed by atoms with Crippen molar-refractivity contribution in [3.8, 4) is 11.5 Å². The molecule has 0 saturated carbocycles. The maximum atomic E-state index is 5.94. The van der Waals surface area contributed by atoms with Crippen LogP contribution in [0.2, 0.25) is 5.02 Å². The second-order valence-corrected chi connectivity index (χ2v) is 4.13. The van der Waals surface area contributed by atoms with Gasteiger partial charge in [-0.25, -0.2) is 0 Å². The molecule has 15 heavy (non-hydrogen) atoms. The van der Waals surface area contributed by atoms with E-state index >= 15 is 0 Å². The smallest absolute Gasteiger partial charge is 0.145 e. The number of hydrogen-bond donors (Lipinski definition) is 0. The minimum Gasteiger partial charge on any atom is -0.456 e. The van der Waals surface area contributed by atoms with Gasteiger partial charge in [-0.05, 0) is 40.2 Å². The van der Waals surface area contributed by atoms with Crippen molar-refractivity contribution < 1.29 is 4.74 Å². The molecule has 2 rings (SSSR count). The van der Waals surface area contributed by atoms with Crippen molar-refractivity contribution in [2.24, 2.45) is 0 Å². The fourth-order valence-electron chi connectivity index (χ4n) is 1.08. The van der Waals surface area contributed by atoms with E-state index in [1.165, 1.54) is 0 Å². The van der Waals surface area contributed by atoms with Crippen LogP contribution in [0, 0.1) is 0 Å². The van der Waals surface area contributed by atoms with Crippen molar-refractivity contribution in [2.45, 2.75) is 0 Å². The van der Waals surface area contributed by atoms with Crippen molar-refractivity contribution in [1.29, 1.82) is 0 Å². The molecular weight excluding hydrogens is 277 g/mol. The van der Waals surface area contributed by atoms with E-state index < -0.39 is 0 Å². The summed E-state index contributed by atoms with van der Waals surface area (Å²) in [5.41, 5.74) is 0. The van der Waals surface area contributed by atoms with Crippen LogP contribution in [-0.4, -0.2) is 4.98 Å². The minimum atomic E-state index is 0.622. The van der Waals surface area contributed by atoms with Crippen molar-refractivity contribution >= 4 is 27.5 Å². The molecule has 0 bridgehead atoms. The zero-order valence-electron chi connectivity index (χ0n) is 7.65. The molecule has 0 aliphatic carbocycles. The molecule has 4 heteroatoms. The third kappa shape index (κ3) is 2.70. The van der Waals surface area contributed by atoms with E-state index in [2.05, 4.69) is 20.9 Å². The Bertz CT molecular complexity index is 461. The van der Waals surface area contributed by atoms with Crippen LogP contribution in [0.4, 0.5) is 0 Å². The Labute approximate surface area is 101 Å². The van der Waals surface area contributed by atoms with Crippen LogP contribution in [-0.2, 0) is 0 Å². The van der Waals surface area contributed by atoms with Gasteiger partial charge in [0.25, 0.3) is 0 Å². The topological polar surface area (TPSA) is 22.1 Å². The van der Waals surface area contributed by atoms with Gasteiger partial charge in [-0.2, -0.15) is 0 Å². The second kappa shape index (κ2) is 4.64. The number of rotatable bonds is 2. The normalized spacial score (nSPS) is 10.0. The largest absolute Gasteiger partial charge is 0.456 e. The zero-order chi connectivity index (χ0) is 10.7. The van der Waals surface area contributed by atoms with Gasteiger partial charge in [0.2, 0.25) is 0 Å². The SMILES string of the molecule is Clc1cc(Oc2cccnc2)ccc1Br. The first kappa shape index (κ1) is 10.5. The Hall–Kier alpha value is -1.06. The summed E-state index contributed by atoms with van der Waals surface area (Å²) in [7, 11) is 0. The van der Waals surface area contributed by atoms with Crippen LogP contribution in [0.3, 0.4) is 0 Å². The Balaban J connectivity index is 2.22. The van der Waals surface area contributed by atoms with Crippen LogP contribution in [0.25, 0.3) is 0 Å². The van der Waals surface area contributed by atoms with Crippen molar-refractivity contribution in [3.63, 3.8) is 0 Å². The predicted molar refractivity (Wildman–Crippen MR) is 63.5 cm³/mol. The zero-order valence-corrected chi connectivity index (χ0v) is 9.99. The van der Waals surface area contributed by atoms with E-state index in [0.717, 1.165) is 4.47 Å². The summed E-state index contributed by atoms with van der Waals surface area (Å²) in [5, 5.41) is 0.622. The van der Waals surface area contributed by atoms with Crippen LogP contribution in [0.15, 0.2) is 47.2 Å². The summed E-state index contributed by atoms with van der Waals surface area (Å²) < 4.78 is 6.40. The quantitative estimate of drug-likeness (QED) is 0.821. The summed E-state index contributed by atoms with van der Waals surface area (Å²) in [4.78, 5) is 3.95. The van der Waals surface area contributed by atoms with E-state index in [1.807, 2.05) is 24.3 Å². The lowest BCUT2D eigenvalue weighted by molar-refractivity contribution is 0.480. The molecule has 0 amide bonds. The number of aromatic nitrogens is 1. The molecule has 0 spiro atoms. The highest BCUT2D eigenvalue weighted by Gasteiger charge is 2.00. The average molecular weight is 285 g/mol. The molecule has 76 valence electrons. The lowest BCUT2D eigenvalue weighted by Crippen LogP contribution is -1.84.